The first kappa shape index (κ1) is 15.0. The number of carbonyl (C=O) groups excluding carboxylic acids is 2. The molecule has 0 unspecified atom stereocenters. The lowest BCUT2D eigenvalue weighted by atomic mass is 10.1. The Balaban J connectivity index is 1.54. The minimum Gasteiger partial charge on any atom is -0.465 e. The number of carbonyl (C=O) groups is 2. The molecule has 1 heterocycles. The SMILES string of the molecule is COC(=O)c1cccc(CN2CCN(C(=O)C3CC3)CC2)c1. The molecule has 118 valence electrons. The second kappa shape index (κ2) is 6.48. The van der Waals surface area contributed by atoms with Crippen LogP contribution in [0.2, 0.25) is 0 Å². The number of nitrogens with zero attached hydrogens (tertiary/aromatic N) is 2. The Morgan fingerprint density at radius 1 is 1.18 bits per heavy atom. The van der Waals surface area contributed by atoms with Gasteiger partial charge in [0.2, 0.25) is 5.91 Å². The molecule has 2 aliphatic rings. The fourth-order valence-electron chi connectivity index (χ4n) is 2.89. The number of hydrogen-bond donors (Lipinski definition) is 0. The van der Waals surface area contributed by atoms with Gasteiger partial charge in [0.05, 0.1) is 12.7 Å². The molecule has 0 atom stereocenters. The number of amides is 1. The van der Waals surface area contributed by atoms with Gasteiger partial charge in [0.1, 0.15) is 0 Å². The molecule has 0 radical (unpaired) electrons. The average molecular weight is 302 g/mol. The summed E-state index contributed by atoms with van der Waals surface area (Å²) in [5.41, 5.74) is 1.69. The van der Waals surface area contributed by atoms with Gasteiger partial charge in [-0.3, -0.25) is 9.69 Å². The normalized spacial score (nSPS) is 19.0. The van der Waals surface area contributed by atoms with Crippen LogP contribution in [0, 0.1) is 5.92 Å². The van der Waals surface area contributed by atoms with Crippen molar-refractivity contribution in [1.29, 1.82) is 0 Å². The molecule has 0 bridgehead atoms. The van der Waals surface area contributed by atoms with Crippen molar-refractivity contribution in [3.8, 4) is 0 Å². The van der Waals surface area contributed by atoms with Gasteiger partial charge in [-0.15, -0.1) is 0 Å². The summed E-state index contributed by atoms with van der Waals surface area (Å²) in [5, 5.41) is 0. The smallest absolute Gasteiger partial charge is 0.337 e. The van der Waals surface area contributed by atoms with E-state index in [0.717, 1.165) is 51.1 Å². The van der Waals surface area contributed by atoms with Gasteiger partial charge in [-0.25, -0.2) is 4.79 Å². The Labute approximate surface area is 130 Å². The Hall–Kier alpha value is -1.88. The van der Waals surface area contributed by atoms with Gasteiger partial charge in [-0.1, -0.05) is 12.1 Å². The van der Waals surface area contributed by atoms with Gasteiger partial charge in [-0.05, 0) is 30.5 Å². The molecule has 5 nitrogen and oxygen atoms in total. The molecule has 1 aromatic rings. The maximum Gasteiger partial charge on any atom is 0.337 e. The number of hydrogen-bond acceptors (Lipinski definition) is 4. The number of esters is 1. The number of benzene rings is 1. The monoisotopic (exact) mass is 302 g/mol. The van der Waals surface area contributed by atoms with Crippen LogP contribution in [0.3, 0.4) is 0 Å². The summed E-state index contributed by atoms with van der Waals surface area (Å²) >= 11 is 0. The first-order valence-electron chi connectivity index (χ1n) is 7.86. The lowest BCUT2D eigenvalue weighted by Gasteiger charge is -2.35. The highest BCUT2D eigenvalue weighted by Gasteiger charge is 2.34. The van der Waals surface area contributed by atoms with E-state index in [-0.39, 0.29) is 5.97 Å². The molecule has 1 aliphatic carbocycles. The van der Waals surface area contributed by atoms with E-state index < -0.39 is 0 Å². The van der Waals surface area contributed by atoms with Crippen molar-refractivity contribution in [2.45, 2.75) is 19.4 Å². The van der Waals surface area contributed by atoms with E-state index in [9.17, 15) is 9.59 Å². The Morgan fingerprint density at radius 2 is 1.91 bits per heavy atom. The van der Waals surface area contributed by atoms with E-state index in [1.807, 2.05) is 23.1 Å². The van der Waals surface area contributed by atoms with Gasteiger partial charge < -0.3 is 9.64 Å². The van der Waals surface area contributed by atoms with E-state index in [1.165, 1.54) is 7.11 Å². The van der Waals surface area contributed by atoms with Crippen LogP contribution in [0.15, 0.2) is 24.3 Å². The van der Waals surface area contributed by atoms with Crippen LogP contribution in [-0.4, -0.2) is 55.0 Å². The maximum absolute atomic E-state index is 12.0. The van der Waals surface area contributed by atoms with E-state index in [1.54, 1.807) is 6.07 Å². The van der Waals surface area contributed by atoms with Crippen molar-refractivity contribution < 1.29 is 14.3 Å². The largest absolute Gasteiger partial charge is 0.465 e. The van der Waals surface area contributed by atoms with Gasteiger partial charge in [0, 0.05) is 38.6 Å². The number of piperazine rings is 1. The number of ether oxygens (including phenoxy) is 1. The summed E-state index contributed by atoms with van der Waals surface area (Å²) in [6.07, 6.45) is 2.14. The fraction of sp³-hybridized carbons (Fsp3) is 0.529. The predicted octanol–water partition coefficient (Wildman–Crippen LogP) is 1.53. The summed E-state index contributed by atoms with van der Waals surface area (Å²) in [6, 6.07) is 7.55. The number of methoxy groups -OCH3 is 1. The molecule has 1 aliphatic heterocycles. The van der Waals surface area contributed by atoms with Crippen LogP contribution in [-0.2, 0) is 16.1 Å². The topological polar surface area (TPSA) is 49.9 Å². The van der Waals surface area contributed by atoms with Crippen molar-refractivity contribution in [3.05, 3.63) is 35.4 Å². The van der Waals surface area contributed by atoms with Crippen LogP contribution in [0.5, 0.6) is 0 Å². The van der Waals surface area contributed by atoms with Crippen LogP contribution >= 0.6 is 0 Å². The average Bonchev–Trinajstić information content (AvgIpc) is 3.39. The molecule has 0 spiro atoms. The van der Waals surface area contributed by atoms with Crippen molar-refractivity contribution in [2.75, 3.05) is 33.3 Å². The Kier molecular flexibility index (Phi) is 4.43. The lowest BCUT2D eigenvalue weighted by Crippen LogP contribution is -2.48. The zero-order chi connectivity index (χ0) is 15.5. The van der Waals surface area contributed by atoms with Crippen molar-refractivity contribution in [3.63, 3.8) is 0 Å². The molecule has 2 fully saturated rings. The van der Waals surface area contributed by atoms with Crippen LogP contribution < -0.4 is 0 Å². The summed E-state index contributed by atoms with van der Waals surface area (Å²) in [5.74, 6) is 0.345. The first-order chi connectivity index (χ1) is 10.7. The van der Waals surface area contributed by atoms with E-state index in [0.29, 0.717) is 17.4 Å². The quantitative estimate of drug-likeness (QED) is 0.792. The first-order valence-corrected chi connectivity index (χ1v) is 7.86. The zero-order valence-corrected chi connectivity index (χ0v) is 13.0. The molecule has 5 heteroatoms. The predicted molar refractivity (Wildman–Crippen MR) is 82.4 cm³/mol. The zero-order valence-electron chi connectivity index (χ0n) is 13.0. The second-order valence-corrected chi connectivity index (χ2v) is 6.07. The van der Waals surface area contributed by atoms with E-state index in [4.69, 9.17) is 4.74 Å². The van der Waals surface area contributed by atoms with Crippen LogP contribution in [0.1, 0.15) is 28.8 Å². The molecule has 3 rings (SSSR count). The third kappa shape index (κ3) is 3.47. The van der Waals surface area contributed by atoms with Gasteiger partial charge in [0.25, 0.3) is 0 Å². The summed E-state index contributed by atoms with van der Waals surface area (Å²) in [7, 11) is 1.39. The van der Waals surface area contributed by atoms with Crippen LogP contribution in [0.25, 0.3) is 0 Å². The molecule has 1 aromatic carbocycles. The van der Waals surface area contributed by atoms with Gasteiger partial charge in [-0.2, -0.15) is 0 Å². The van der Waals surface area contributed by atoms with Crippen molar-refractivity contribution >= 4 is 11.9 Å². The lowest BCUT2D eigenvalue weighted by molar-refractivity contribution is -0.134. The third-order valence-corrected chi connectivity index (χ3v) is 4.36. The molecule has 1 saturated heterocycles. The van der Waals surface area contributed by atoms with E-state index >= 15 is 0 Å². The standard InChI is InChI=1S/C17H22N2O3/c1-22-17(21)15-4-2-3-13(11-15)12-18-7-9-19(10-8-18)16(20)14-5-6-14/h2-4,11,14H,5-10,12H2,1H3. The maximum atomic E-state index is 12.0. The highest BCUT2D eigenvalue weighted by molar-refractivity contribution is 5.89. The van der Waals surface area contributed by atoms with Gasteiger partial charge >= 0.3 is 5.97 Å². The van der Waals surface area contributed by atoms with Crippen LogP contribution in [0.4, 0.5) is 0 Å². The Bertz CT molecular complexity index is 561. The highest BCUT2D eigenvalue weighted by atomic mass is 16.5. The second-order valence-electron chi connectivity index (χ2n) is 6.07. The molecule has 22 heavy (non-hydrogen) atoms. The molecule has 1 saturated carbocycles. The summed E-state index contributed by atoms with van der Waals surface area (Å²) in [4.78, 5) is 27.9. The molecule has 0 N–H and O–H groups in total. The minimum absolute atomic E-state index is 0.304. The molecular weight excluding hydrogens is 280 g/mol. The van der Waals surface area contributed by atoms with Gasteiger partial charge in [0.15, 0.2) is 0 Å². The highest BCUT2D eigenvalue weighted by Crippen LogP contribution is 2.31. The third-order valence-electron chi connectivity index (χ3n) is 4.36. The van der Waals surface area contributed by atoms with Crippen molar-refractivity contribution in [1.82, 2.24) is 9.80 Å². The fourth-order valence-corrected chi connectivity index (χ4v) is 2.89. The van der Waals surface area contributed by atoms with E-state index in [2.05, 4.69) is 4.90 Å². The summed E-state index contributed by atoms with van der Waals surface area (Å²) < 4.78 is 4.75. The molecular formula is C17H22N2O3. The summed E-state index contributed by atoms with van der Waals surface area (Å²) in [6.45, 7) is 4.20. The van der Waals surface area contributed by atoms with Crippen molar-refractivity contribution in [2.24, 2.45) is 5.92 Å². The molecule has 0 aromatic heterocycles. The number of rotatable bonds is 4. The Morgan fingerprint density at radius 3 is 2.55 bits per heavy atom. The molecule has 1 amide bonds. The minimum atomic E-state index is -0.304.